The SMILES string of the molecule is CN(C1CCCCC1)S(=O)(=O)N1CCN(C(=O)CSc2ccc(C(N)=O)cc2[N+](=O)[O-])CC1. The van der Waals surface area contributed by atoms with Gasteiger partial charge in [-0.15, -0.1) is 11.8 Å². The molecule has 0 radical (unpaired) electrons. The molecular weight excluding hydrogens is 470 g/mol. The lowest BCUT2D eigenvalue weighted by molar-refractivity contribution is -0.387. The highest BCUT2D eigenvalue weighted by Gasteiger charge is 2.35. The first-order valence-corrected chi connectivity index (χ1v) is 13.2. The van der Waals surface area contributed by atoms with E-state index in [-0.39, 0.29) is 60.0 Å². The van der Waals surface area contributed by atoms with Crippen LogP contribution in [-0.4, -0.2) is 83.7 Å². The molecule has 0 spiro atoms. The Morgan fingerprint density at radius 1 is 1.18 bits per heavy atom. The average molecular weight is 500 g/mol. The maximum absolute atomic E-state index is 13.0. The number of amides is 2. The Labute approximate surface area is 197 Å². The highest BCUT2D eigenvalue weighted by Crippen LogP contribution is 2.30. The van der Waals surface area contributed by atoms with Gasteiger partial charge in [0.1, 0.15) is 0 Å². The first kappa shape index (κ1) is 25.4. The lowest BCUT2D eigenvalue weighted by atomic mass is 9.96. The summed E-state index contributed by atoms with van der Waals surface area (Å²) < 4.78 is 28.9. The van der Waals surface area contributed by atoms with Crippen molar-refractivity contribution in [2.75, 3.05) is 39.0 Å². The maximum Gasteiger partial charge on any atom is 0.283 e. The Bertz CT molecular complexity index is 1000. The fourth-order valence-corrected chi connectivity index (χ4v) is 6.63. The van der Waals surface area contributed by atoms with E-state index in [0.717, 1.165) is 49.9 Å². The van der Waals surface area contributed by atoms with Crippen LogP contribution in [-0.2, 0) is 15.0 Å². The molecule has 2 fully saturated rings. The van der Waals surface area contributed by atoms with E-state index in [4.69, 9.17) is 5.73 Å². The van der Waals surface area contributed by atoms with Gasteiger partial charge in [0, 0.05) is 50.9 Å². The van der Waals surface area contributed by atoms with E-state index < -0.39 is 21.0 Å². The Morgan fingerprint density at radius 2 is 1.82 bits per heavy atom. The van der Waals surface area contributed by atoms with Crippen LogP contribution >= 0.6 is 11.8 Å². The maximum atomic E-state index is 13.0. The number of thioether (sulfide) groups is 1. The standard InChI is InChI=1S/C20H29N5O6S2/c1-22(16-5-3-2-4-6-16)33(30,31)24-11-9-23(10-12-24)19(26)14-32-18-8-7-15(20(21)27)13-17(18)25(28)29/h7-8,13,16H,2-6,9-12,14H2,1H3,(H2,21,27). The monoisotopic (exact) mass is 499 g/mol. The summed E-state index contributed by atoms with van der Waals surface area (Å²) in [6.07, 6.45) is 4.96. The Balaban J connectivity index is 1.55. The number of carbonyl (C=O) groups is 2. The summed E-state index contributed by atoms with van der Waals surface area (Å²) in [5.74, 6) is -1.04. The second kappa shape index (κ2) is 10.8. The minimum absolute atomic E-state index is 0.0212. The highest BCUT2D eigenvalue weighted by atomic mass is 32.2. The van der Waals surface area contributed by atoms with Crippen molar-refractivity contribution in [3.63, 3.8) is 0 Å². The summed E-state index contributed by atoms with van der Waals surface area (Å²) in [7, 11) is -1.95. The van der Waals surface area contributed by atoms with Gasteiger partial charge in [0.2, 0.25) is 11.8 Å². The predicted octanol–water partition coefficient (Wildman–Crippen LogP) is 1.44. The van der Waals surface area contributed by atoms with E-state index in [1.165, 1.54) is 20.7 Å². The number of nitro benzene ring substituents is 1. The largest absolute Gasteiger partial charge is 0.366 e. The van der Waals surface area contributed by atoms with E-state index in [1.54, 1.807) is 11.9 Å². The molecular formula is C20H29N5O6S2. The smallest absolute Gasteiger partial charge is 0.283 e. The molecule has 1 heterocycles. The van der Waals surface area contributed by atoms with Crippen LogP contribution in [0.15, 0.2) is 23.1 Å². The van der Waals surface area contributed by atoms with Crippen molar-refractivity contribution >= 4 is 39.5 Å². The number of benzene rings is 1. The molecule has 33 heavy (non-hydrogen) atoms. The van der Waals surface area contributed by atoms with Gasteiger partial charge in [0.25, 0.3) is 15.9 Å². The number of nitro groups is 1. The molecule has 1 aromatic carbocycles. The number of carbonyl (C=O) groups excluding carboxylic acids is 2. The van der Waals surface area contributed by atoms with Crippen LogP contribution in [0.4, 0.5) is 5.69 Å². The van der Waals surface area contributed by atoms with Gasteiger partial charge >= 0.3 is 0 Å². The van der Waals surface area contributed by atoms with Crippen molar-refractivity contribution in [3.8, 4) is 0 Å². The molecule has 1 saturated heterocycles. The summed E-state index contributed by atoms with van der Waals surface area (Å²) in [5, 5.41) is 11.3. The molecule has 0 aromatic heterocycles. The first-order valence-electron chi connectivity index (χ1n) is 10.8. The third kappa shape index (κ3) is 6.02. The second-order valence-corrected chi connectivity index (χ2v) is 11.2. The van der Waals surface area contributed by atoms with E-state index in [2.05, 4.69) is 0 Å². The molecule has 1 aliphatic carbocycles. The molecule has 182 valence electrons. The summed E-state index contributed by atoms with van der Waals surface area (Å²) >= 11 is 1.00. The van der Waals surface area contributed by atoms with Gasteiger partial charge < -0.3 is 10.6 Å². The zero-order chi connectivity index (χ0) is 24.2. The number of nitrogens with two attached hydrogens (primary N) is 1. The first-order chi connectivity index (χ1) is 15.6. The fourth-order valence-electron chi connectivity index (χ4n) is 4.15. The molecule has 3 rings (SSSR count). The Kier molecular flexibility index (Phi) is 8.32. The minimum atomic E-state index is -3.58. The Morgan fingerprint density at radius 3 is 2.39 bits per heavy atom. The molecule has 2 aliphatic rings. The molecule has 0 bridgehead atoms. The Hall–Kier alpha value is -2.22. The zero-order valence-corrected chi connectivity index (χ0v) is 20.1. The number of hydrogen-bond acceptors (Lipinski definition) is 7. The van der Waals surface area contributed by atoms with Gasteiger partial charge in [-0.05, 0) is 25.0 Å². The van der Waals surface area contributed by atoms with E-state index in [0.29, 0.717) is 0 Å². The van der Waals surface area contributed by atoms with E-state index in [9.17, 15) is 28.1 Å². The molecule has 0 atom stereocenters. The van der Waals surface area contributed by atoms with Crippen LogP contribution < -0.4 is 5.73 Å². The van der Waals surface area contributed by atoms with Crippen molar-refractivity contribution in [2.24, 2.45) is 5.73 Å². The van der Waals surface area contributed by atoms with Gasteiger partial charge in [0.15, 0.2) is 0 Å². The predicted molar refractivity (Wildman–Crippen MR) is 124 cm³/mol. The van der Waals surface area contributed by atoms with Crippen LogP contribution in [0.1, 0.15) is 42.5 Å². The number of nitrogens with zero attached hydrogens (tertiary/aromatic N) is 4. The van der Waals surface area contributed by atoms with Crippen molar-refractivity contribution in [2.45, 2.75) is 43.0 Å². The summed E-state index contributed by atoms with van der Waals surface area (Å²) in [6.45, 7) is 0.951. The third-order valence-electron chi connectivity index (χ3n) is 6.16. The lowest BCUT2D eigenvalue weighted by Crippen LogP contribution is -2.55. The molecule has 1 aromatic rings. The van der Waals surface area contributed by atoms with Crippen LogP contribution in [0.25, 0.3) is 0 Å². The fraction of sp³-hybridized carbons (Fsp3) is 0.600. The molecule has 13 heteroatoms. The van der Waals surface area contributed by atoms with Gasteiger partial charge in [0.05, 0.1) is 15.6 Å². The van der Waals surface area contributed by atoms with Crippen LogP contribution in [0.3, 0.4) is 0 Å². The van der Waals surface area contributed by atoms with Crippen molar-refractivity contribution in [1.82, 2.24) is 13.5 Å². The number of primary amides is 1. The zero-order valence-electron chi connectivity index (χ0n) is 18.5. The summed E-state index contributed by atoms with van der Waals surface area (Å²) in [6, 6.07) is 3.91. The number of rotatable bonds is 8. The van der Waals surface area contributed by atoms with Crippen molar-refractivity contribution in [1.29, 1.82) is 0 Å². The summed E-state index contributed by atoms with van der Waals surface area (Å²) in [4.78, 5) is 36.5. The van der Waals surface area contributed by atoms with E-state index in [1.807, 2.05) is 0 Å². The van der Waals surface area contributed by atoms with Gasteiger partial charge in [-0.3, -0.25) is 19.7 Å². The third-order valence-corrected chi connectivity index (χ3v) is 9.25. The second-order valence-electron chi connectivity index (χ2n) is 8.19. The number of piperazine rings is 1. The van der Waals surface area contributed by atoms with Crippen LogP contribution in [0, 0.1) is 10.1 Å². The normalized spacial score (nSPS) is 18.4. The van der Waals surface area contributed by atoms with Crippen LogP contribution in [0.2, 0.25) is 0 Å². The van der Waals surface area contributed by atoms with Crippen LogP contribution in [0.5, 0.6) is 0 Å². The van der Waals surface area contributed by atoms with Crippen molar-refractivity contribution in [3.05, 3.63) is 33.9 Å². The minimum Gasteiger partial charge on any atom is -0.366 e. The highest BCUT2D eigenvalue weighted by molar-refractivity contribution is 8.00. The molecule has 1 aliphatic heterocycles. The van der Waals surface area contributed by atoms with E-state index >= 15 is 0 Å². The summed E-state index contributed by atoms with van der Waals surface area (Å²) in [5.41, 5.74) is 4.91. The quantitative estimate of drug-likeness (QED) is 0.323. The number of hydrogen-bond donors (Lipinski definition) is 1. The molecule has 2 N–H and O–H groups in total. The van der Waals surface area contributed by atoms with Gasteiger partial charge in [-0.2, -0.15) is 17.0 Å². The molecule has 2 amide bonds. The van der Waals surface area contributed by atoms with Gasteiger partial charge in [-0.1, -0.05) is 19.3 Å². The topological polar surface area (TPSA) is 147 Å². The molecule has 11 nitrogen and oxygen atoms in total. The van der Waals surface area contributed by atoms with Crippen molar-refractivity contribution < 1.29 is 22.9 Å². The molecule has 0 unspecified atom stereocenters. The lowest BCUT2D eigenvalue weighted by Gasteiger charge is -2.38. The van der Waals surface area contributed by atoms with Gasteiger partial charge in [-0.25, -0.2) is 0 Å². The average Bonchev–Trinajstić information content (AvgIpc) is 2.82. The molecule has 1 saturated carbocycles.